The topological polar surface area (TPSA) is 66.0 Å². The van der Waals surface area contributed by atoms with Crippen LogP contribution in [-0.2, 0) is 4.79 Å². The van der Waals surface area contributed by atoms with Gasteiger partial charge in [0.05, 0.1) is 10.7 Å². The summed E-state index contributed by atoms with van der Waals surface area (Å²) in [5.41, 5.74) is 0.693. The highest BCUT2D eigenvalue weighted by atomic mass is 35.5. The number of benzene rings is 2. The highest BCUT2D eigenvalue weighted by molar-refractivity contribution is 6.36. The molecule has 0 saturated heterocycles. The van der Waals surface area contributed by atoms with Crippen LogP contribution < -0.4 is 5.32 Å². The summed E-state index contributed by atoms with van der Waals surface area (Å²) in [6.45, 7) is 0. The standard InChI is InChI=1S/C20H11Cl2FN2O2/c21-14-4-6-18(17(22)10-14)25-20(26)13(11-24)9-16-5-7-19(27-16)12-2-1-3-15(23)8-12/h1-10H,(H,25,26)/b13-9+. The van der Waals surface area contributed by atoms with E-state index in [9.17, 15) is 14.4 Å². The molecule has 0 bridgehead atoms. The second-order valence-electron chi connectivity index (χ2n) is 5.46. The molecule has 0 unspecified atom stereocenters. The van der Waals surface area contributed by atoms with Gasteiger partial charge in [0.1, 0.15) is 29.0 Å². The second kappa shape index (κ2) is 8.09. The van der Waals surface area contributed by atoms with Crippen molar-refractivity contribution in [3.8, 4) is 17.4 Å². The molecule has 7 heteroatoms. The quantitative estimate of drug-likeness (QED) is 0.435. The number of anilines is 1. The van der Waals surface area contributed by atoms with E-state index in [1.165, 1.54) is 30.3 Å². The number of carbonyl (C=O) groups is 1. The van der Waals surface area contributed by atoms with Crippen LogP contribution in [0, 0.1) is 17.1 Å². The smallest absolute Gasteiger partial charge is 0.266 e. The number of nitriles is 1. The Kier molecular flexibility index (Phi) is 5.60. The number of furan rings is 1. The van der Waals surface area contributed by atoms with Crippen molar-refractivity contribution in [3.05, 3.63) is 81.8 Å². The van der Waals surface area contributed by atoms with Gasteiger partial charge in [-0.15, -0.1) is 0 Å². The summed E-state index contributed by atoms with van der Waals surface area (Å²) in [4.78, 5) is 12.3. The third-order valence-electron chi connectivity index (χ3n) is 3.57. The second-order valence-corrected chi connectivity index (χ2v) is 6.30. The summed E-state index contributed by atoms with van der Waals surface area (Å²) in [6.07, 6.45) is 1.29. The average Bonchev–Trinajstić information content (AvgIpc) is 3.10. The van der Waals surface area contributed by atoms with Gasteiger partial charge in [0, 0.05) is 16.7 Å². The lowest BCUT2D eigenvalue weighted by Crippen LogP contribution is -2.13. The van der Waals surface area contributed by atoms with Crippen LogP contribution in [0.4, 0.5) is 10.1 Å². The summed E-state index contributed by atoms with van der Waals surface area (Å²) in [5.74, 6) is -0.342. The molecule has 134 valence electrons. The molecule has 1 N–H and O–H groups in total. The van der Waals surface area contributed by atoms with E-state index in [4.69, 9.17) is 27.6 Å². The van der Waals surface area contributed by atoms with Crippen molar-refractivity contribution in [2.45, 2.75) is 0 Å². The lowest BCUT2D eigenvalue weighted by atomic mass is 10.2. The van der Waals surface area contributed by atoms with E-state index in [1.807, 2.05) is 6.07 Å². The number of amides is 1. The van der Waals surface area contributed by atoms with Crippen molar-refractivity contribution in [1.29, 1.82) is 5.26 Å². The molecule has 27 heavy (non-hydrogen) atoms. The molecule has 3 rings (SSSR count). The first-order valence-corrected chi connectivity index (χ1v) is 8.46. The monoisotopic (exact) mass is 400 g/mol. The van der Waals surface area contributed by atoms with Gasteiger partial charge in [-0.05, 0) is 42.5 Å². The Morgan fingerprint density at radius 3 is 2.67 bits per heavy atom. The van der Waals surface area contributed by atoms with Gasteiger partial charge < -0.3 is 9.73 Å². The van der Waals surface area contributed by atoms with E-state index in [0.29, 0.717) is 22.0 Å². The predicted molar refractivity (Wildman–Crippen MR) is 103 cm³/mol. The van der Waals surface area contributed by atoms with Crippen LogP contribution in [0.5, 0.6) is 0 Å². The van der Waals surface area contributed by atoms with Crippen molar-refractivity contribution in [2.75, 3.05) is 5.32 Å². The van der Waals surface area contributed by atoms with Gasteiger partial charge in [-0.3, -0.25) is 4.79 Å². The predicted octanol–water partition coefficient (Wildman–Crippen LogP) is 5.94. The lowest BCUT2D eigenvalue weighted by Gasteiger charge is -2.06. The number of rotatable bonds is 4. The number of halogens is 3. The highest BCUT2D eigenvalue weighted by Gasteiger charge is 2.13. The van der Waals surface area contributed by atoms with E-state index in [0.717, 1.165) is 0 Å². The van der Waals surface area contributed by atoms with Crippen molar-refractivity contribution >= 4 is 40.9 Å². The largest absolute Gasteiger partial charge is 0.457 e. The van der Waals surface area contributed by atoms with Gasteiger partial charge in [-0.25, -0.2) is 4.39 Å². The molecule has 0 fully saturated rings. The van der Waals surface area contributed by atoms with Crippen LogP contribution in [-0.4, -0.2) is 5.91 Å². The molecule has 0 aliphatic rings. The van der Waals surface area contributed by atoms with Gasteiger partial charge in [0.2, 0.25) is 0 Å². The minimum atomic E-state index is -0.648. The van der Waals surface area contributed by atoms with Crippen molar-refractivity contribution in [1.82, 2.24) is 0 Å². The zero-order valence-corrected chi connectivity index (χ0v) is 15.2. The van der Waals surface area contributed by atoms with Crippen LogP contribution >= 0.6 is 23.2 Å². The molecule has 1 heterocycles. The Hall–Kier alpha value is -3.07. The molecule has 3 aromatic rings. The fourth-order valence-electron chi connectivity index (χ4n) is 2.30. The first kappa shape index (κ1) is 18.7. The summed E-state index contributed by atoms with van der Waals surface area (Å²) in [7, 11) is 0. The molecule has 0 aliphatic heterocycles. The summed E-state index contributed by atoms with van der Waals surface area (Å²) in [5, 5.41) is 12.5. The molecule has 2 aromatic carbocycles. The van der Waals surface area contributed by atoms with Crippen LogP contribution in [0.2, 0.25) is 10.0 Å². The molecule has 0 spiro atoms. The molecule has 0 aliphatic carbocycles. The Morgan fingerprint density at radius 1 is 1.15 bits per heavy atom. The Bertz CT molecular complexity index is 1080. The SMILES string of the molecule is N#C/C(=C\c1ccc(-c2cccc(F)c2)o1)C(=O)Nc1ccc(Cl)cc1Cl. The molecule has 0 saturated carbocycles. The first-order chi connectivity index (χ1) is 13.0. The number of hydrogen-bond donors (Lipinski definition) is 1. The molecular weight excluding hydrogens is 390 g/mol. The Labute approximate surface area is 164 Å². The van der Waals surface area contributed by atoms with Crippen molar-refractivity contribution in [2.24, 2.45) is 0 Å². The minimum absolute atomic E-state index is 0.179. The molecular formula is C20H11Cl2FN2O2. The number of nitrogens with zero attached hydrogens (tertiary/aromatic N) is 1. The van der Waals surface area contributed by atoms with Crippen molar-refractivity contribution in [3.63, 3.8) is 0 Å². The first-order valence-electron chi connectivity index (χ1n) is 7.70. The number of nitrogens with one attached hydrogen (secondary N) is 1. The van der Waals surface area contributed by atoms with Crippen LogP contribution in [0.15, 0.2) is 64.6 Å². The van der Waals surface area contributed by atoms with E-state index in [1.54, 1.807) is 30.3 Å². The molecule has 1 amide bonds. The third-order valence-corrected chi connectivity index (χ3v) is 4.11. The molecule has 1 aromatic heterocycles. The minimum Gasteiger partial charge on any atom is -0.457 e. The molecule has 0 atom stereocenters. The third kappa shape index (κ3) is 4.56. The van der Waals surface area contributed by atoms with Gasteiger partial charge in [0.25, 0.3) is 5.91 Å². The normalized spacial score (nSPS) is 11.1. The fourth-order valence-corrected chi connectivity index (χ4v) is 2.75. The molecule has 0 radical (unpaired) electrons. The van der Waals surface area contributed by atoms with Gasteiger partial charge >= 0.3 is 0 Å². The zero-order valence-electron chi connectivity index (χ0n) is 13.7. The maximum atomic E-state index is 13.3. The van der Waals surface area contributed by atoms with Gasteiger partial charge in [-0.1, -0.05) is 35.3 Å². The van der Waals surface area contributed by atoms with Gasteiger partial charge in [-0.2, -0.15) is 5.26 Å². The number of carbonyl (C=O) groups excluding carboxylic acids is 1. The lowest BCUT2D eigenvalue weighted by molar-refractivity contribution is -0.112. The fraction of sp³-hybridized carbons (Fsp3) is 0. The average molecular weight is 401 g/mol. The van der Waals surface area contributed by atoms with Crippen LogP contribution in [0.1, 0.15) is 5.76 Å². The summed E-state index contributed by atoms with van der Waals surface area (Å²) >= 11 is 11.8. The highest BCUT2D eigenvalue weighted by Crippen LogP contribution is 2.27. The zero-order chi connectivity index (χ0) is 19.4. The van der Waals surface area contributed by atoms with E-state index in [2.05, 4.69) is 5.32 Å². The summed E-state index contributed by atoms with van der Waals surface area (Å²) < 4.78 is 18.9. The molecule has 4 nitrogen and oxygen atoms in total. The maximum Gasteiger partial charge on any atom is 0.266 e. The number of hydrogen-bond acceptors (Lipinski definition) is 3. The Morgan fingerprint density at radius 2 is 1.96 bits per heavy atom. The van der Waals surface area contributed by atoms with Crippen molar-refractivity contribution < 1.29 is 13.6 Å². The Balaban J connectivity index is 1.82. The van der Waals surface area contributed by atoms with Gasteiger partial charge in [0.15, 0.2) is 0 Å². The summed E-state index contributed by atoms with van der Waals surface area (Å²) in [6, 6.07) is 15.5. The van der Waals surface area contributed by atoms with E-state index >= 15 is 0 Å². The van der Waals surface area contributed by atoms with E-state index in [-0.39, 0.29) is 16.4 Å². The maximum absolute atomic E-state index is 13.3. The van der Waals surface area contributed by atoms with Crippen LogP contribution in [0.25, 0.3) is 17.4 Å². The van der Waals surface area contributed by atoms with E-state index < -0.39 is 11.7 Å². The van der Waals surface area contributed by atoms with Crippen LogP contribution in [0.3, 0.4) is 0 Å².